The van der Waals surface area contributed by atoms with Crippen molar-refractivity contribution >= 4 is 11.8 Å². The molecule has 2 N–H and O–H groups in total. The summed E-state index contributed by atoms with van der Waals surface area (Å²) in [5, 5.41) is 0. The lowest BCUT2D eigenvalue weighted by Crippen LogP contribution is -2.44. The van der Waals surface area contributed by atoms with Crippen LogP contribution in [-0.2, 0) is 4.79 Å². The molecule has 0 aromatic carbocycles. The van der Waals surface area contributed by atoms with Gasteiger partial charge < -0.3 is 0 Å². The quantitative estimate of drug-likeness (QED) is 0.664. The number of rotatable bonds is 2. The fourth-order valence-corrected chi connectivity index (χ4v) is 0.735. The lowest BCUT2D eigenvalue weighted by molar-refractivity contribution is -0.124. The van der Waals surface area contributed by atoms with Crippen LogP contribution >= 0.6 is 0 Å². The van der Waals surface area contributed by atoms with E-state index in [4.69, 9.17) is 0 Å². The van der Waals surface area contributed by atoms with Gasteiger partial charge in [0.15, 0.2) is 0 Å². The molecule has 0 fully saturated rings. The molecule has 0 radical (unpaired) electrons. The Balaban J connectivity index is 2.48. The van der Waals surface area contributed by atoms with Crippen molar-refractivity contribution in [2.24, 2.45) is 5.92 Å². The van der Waals surface area contributed by atoms with Crippen LogP contribution in [0.15, 0.2) is 18.5 Å². The summed E-state index contributed by atoms with van der Waals surface area (Å²) in [5.74, 6) is -0.979. The second-order valence-corrected chi connectivity index (χ2v) is 3.17. The monoisotopic (exact) mass is 208 g/mol. The molecule has 0 saturated heterocycles. The van der Waals surface area contributed by atoms with Crippen LogP contribution in [0, 0.1) is 5.92 Å². The van der Waals surface area contributed by atoms with Gasteiger partial charge in [0.2, 0.25) is 11.7 Å². The summed E-state index contributed by atoms with van der Waals surface area (Å²) in [6.07, 6.45) is 2.90. The molecule has 0 bridgehead atoms. The topological polar surface area (TPSA) is 84.0 Å². The minimum absolute atomic E-state index is 0.0153. The van der Waals surface area contributed by atoms with Crippen LogP contribution in [0.5, 0.6) is 0 Å². The average Bonchev–Trinajstić information content (AvgIpc) is 2.26. The molecule has 2 amide bonds. The van der Waals surface area contributed by atoms with Crippen molar-refractivity contribution in [2.45, 2.75) is 13.8 Å². The summed E-state index contributed by atoms with van der Waals surface area (Å²) in [6, 6.07) is 1.60. The maximum Gasteiger partial charge on any atom is 0.307 e. The Morgan fingerprint density at radius 2 is 1.80 bits per heavy atom. The Hall–Kier alpha value is -1.98. The molecule has 15 heavy (non-hydrogen) atoms. The smallest absolute Gasteiger partial charge is 0.273 e. The van der Waals surface area contributed by atoms with Gasteiger partial charge in [-0.3, -0.25) is 20.4 Å². The van der Waals surface area contributed by atoms with Gasteiger partial charge in [-0.1, -0.05) is 13.8 Å². The molecule has 0 saturated carbocycles. The van der Waals surface area contributed by atoms with E-state index in [1.807, 2.05) is 0 Å². The first kappa shape index (κ1) is 11.1. The number of aromatic nitrogens is 2. The molecule has 0 aliphatic rings. The molecule has 0 spiro atoms. The molecule has 6 heteroatoms. The highest BCUT2D eigenvalue weighted by Gasteiger charge is 2.10. The number of nitrogens with one attached hydrogen (secondary N) is 2. The molecule has 0 aliphatic carbocycles. The average molecular weight is 208 g/mol. The first-order chi connectivity index (χ1) is 7.11. The van der Waals surface area contributed by atoms with Crippen LogP contribution < -0.4 is 10.9 Å². The Morgan fingerprint density at radius 3 is 2.33 bits per heavy atom. The number of carbonyl (C=O) groups is 2. The fraction of sp³-hybridized carbons (Fsp3) is 0.333. The van der Waals surface area contributed by atoms with Gasteiger partial charge in [0, 0.05) is 18.3 Å². The van der Waals surface area contributed by atoms with Crippen LogP contribution in [0.1, 0.15) is 24.5 Å². The van der Waals surface area contributed by atoms with E-state index in [2.05, 4.69) is 20.8 Å². The number of amides is 2. The van der Waals surface area contributed by atoms with E-state index < -0.39 is 5.91 Å². The summed E-state index contributed by atoms with van der Waals surface area (Å²) >= 11 is 0. The zero-order chi connectivity index (χ0) is 11.3. The Morgan fingerprint density at radius 1 is 1.20 bits per heavy atom. The molecule has 1 aromatic rings. The minimum Gasteiger partial charge on any atom is -0.273 e. The van der Waals surface area contributed by atoms with Gasteiger partial charge >= 0.3 is 5.91 Å². The van der Waals surface area contributed by atoms with E-state index in [-0.39, 0.29) is 17.6 Å². The Kier molecular flexibility index (Phi) is 3.73. The van der Waals surface area contributed by atoms with Crippen molar-refractivity contribution in [1.82, 2.24) is 20.8 Å². The van der Waals surface area contributed by atoms with Crippen molar-refractivity contribution in [3.63, 3.8) is 0 Å². The van der Waals surface area contributed by atoms with Crippen molar-refractivity contribution in [2.75, 3.05) is 0 Å². The highest BCUT2D eigenvalue weighted by atomic mass is 16.2. The third-order valence-corrected chi connectivity index (χ3v) is 1.59. The molecule has 80 valence electrons. The number of hydrazine groups is 1. The molecule has 0 unspecified atom stereocenters. The summed E-state index contributed by atoms with van der Waals surface area (Å²) in [5.41, 5.74) is 4.48. The van der Waals surface area contributed by atoms with Gasteiger partial charge in [0.25, 0.3) is 0 Å². The van der Waals surface area contributed by atoms with E-state index in [1.165, 1.54) is 12.4 Å². The lowest BCUT2D eigenvalue weighted by atomic mass is 10.2. The van der Waals surface area contributed by atoms with Crippen molar-refractivity contribution in [3.05, 3.63) is 24.3 Å². The van der Waals surface area contributed by atoms with E-state index in [9.17, 15) is 9.59 Å². The predicted molar refractivity (Wildman–Crippen MR) is 52.5 cm³/mol. The van der Waals surface area contributed by atoms with Crippen molar-refractivity contribution in [1.29, 1.82) is 0 Å². The third kappa shape index (κ3) is 3.34. The van der Waals surface area contributed by atoms with Gasteiger partial charge in [0.1, 0.15) is 0 Å². The highest BCUT2D eigenvalue weighted by molar-refractivity contribution is 5.92. The lowest BCUT2D eigenvalue weighted by Gasteiger charge is -2.07. The second kappa shape index (κ2) is 5.04. The van der Waals surface area contributed by atoms with Gasteiger partial charge in [-0.25, -0.2) is 9.97 Å². The van der Waals surface area contributed by atoms with E-state index >= 15 is 0 Å². The zero-order valence-electron chi connectivity index (χ0n) is 8.52. The molecule has 0 aliphatic heterocycles. The predicted octanol–water partition coefficient (Wildman–Crippen LogP) is -0.106. The van der Waals surface area contributed by atoms with Crippen LogP contribution in [0.2, 0.25) is 0 Å². The molecule has 6 nitrogen and oxygen atoms in total. The molecule has 1 heterocycles. The minimum atomic E-state index is -0.537. The van der Waals surface area contributed by atoms with Crippen molar-refractivity contribution in [3.8, 4) is 0 Å². The fourth-order valence-electron chi connectivity index (χ4n) is 0.735. The Bertz CT molecular complexity index is 350. The summed E-state index contributed by atoms with van der Waals surface area (Å²) < 4.78 is 0. The van der Waals surface area contributed by atoms with Gasteiger partial charge in [-0.2, -0.15) is 0 Å². The first-order valence-electron chi connectivity index (χ1n) is 4.48. The van der Waals surface area contributed by atoms with E-state index in [0.717, 1.165) is 0 Å². The summed E-state index contributed by atoms with van der Waals surface area (Å²) in [4.78, 5) is 29.9. The van der Waals surface area contributed by atoms with Crippen LogP contribution in [0.25, 0.3) is 0 Å². The maximum atomic E-state index is 11.3. The van der Waals surface area contributed by atoms with Gasteiger partial charge in [-0.05, 0) is 6.07 Å². The molecule has 1 aromatic heterocycles. The summed E-state index contributed by atoms with van der Waals surface area (Å²) in [6.45, 7) is 3.45. The first-order valence-corrected chi connectivity index (χ1v) is 4.48. The van der Waals surface area contributed by atoms with Crippen LogP contribution in [0.4, 0.5) is 0 Å². The molecular formula is C9H12N4O2. The number of hydrogen-bond donors (Lipinski definition) is 2. The van der Waals surface area contributed by atoms with Crippen LogP contribution in [-0.4, -0.2) is 21.8 Å². The van der Waals surface area contributed by atoms with Gasteiger partial charge in [-0.15, -0.1) is 0 Å². The second-order valence-electron chi connectivity index (χ2n) is 3.17. The number of hydrogen-bond acceptors (Lipinski definition) is 4. The highest BCUT2D eigenvalue weighted by Crippen LogP contribution is 1.89. The number of carbonyl (C=O) groups excluding carboxylic acids is 2. The number of nitrogens with zero attached hydrogens (tertiary/aromatic N) is 2. The molecule has 0 atom stereocenters. The van der Waals surface area contributed by atoms with Gasteiger partial charge in [0.05, 0.1) is 0 Å². The van der Waals surface area contributed by atoms with E-state index in [0.29, 0.717) is 0 Å². The van der Waals surface area contributed by atoms with Crippen LogP contribution in [0.3, 0.4) is 0 Å². The third-order valence-electron chi connectivity index (χ3n) is 1.59. The van der Waals surface area contributed by atoms with Crippen molar-refractivity contribution < 1.29 is 9.59 Å². The zero-order valence-corrected chi connectivity index (χ0v) is 8.52. The largest absolute Gasteiger partial charge is 0.307 e. The summed E-state index contributed by atoms with van der Waals surface area (Å²) in [7, 11) is 0. The SMILES string of the molecule is CC(C)C(=O)NNC(=O)c1ncccn1. The molecule has 1 rings (SSSR count). The normalized spacial score (nSPS) is 9.80. The Labute approximate surface area is 87.1 Å². The van der Waals surface area contributed by atoms with E-state index in [1.54, 1.807) is 19.9 Å². The maximum absolute atomic E-state index is 11.3. The standard InChI is InChI=1S/C9H12N4O2/c1-6(2)8(14)12-13-9(15)7-10-4-3-5-11-7/h3-6H,1-2H3,(H,12,14)(H,13,15). The molecular weight excluding hydrogens is 196 g/mol.